The highest BCUT2D eigenvalue weighted by atomic mass is 35.5. The molecule has 4 nitrogen and oxygen atoms in total. The molecule has 1 aliphatic rings. The first-order valence-corrected chi connectivity index (χ1v) is 10.8. The summed E-state index contributed by atoms with van der Waals surface area (Å²) in [5.41, 5.74) is 0.844. The van der Waals surface area contributed by atoms with Gasteiger partial charge in [-0.05, 0) is 48.9 Å². The van der Waals surface area contributed by atoms with Gasteiger partial charge in [0.05, 0.1) is 11.4 Å². The fourth-order valence-corrected chi connectivity index (χ4v) is 4.15. The summed E-state index contributed by atoms with van der Waals surface area (Å²) >= 11 is 6.41. The lowest BCUT2D eigenvalue weighted by molar-refractivity contribution is -0.126. The first-order valence-electron chi connectivity index (χ1n) is 9.39. The molecule has 0 atom stereocenters. The summed E-state index contributed by atoms with van der Waals surface area (Å²) in [7, 11) is 0. The third-order valence-electron chi connectivity index (χ3n) is 4.84. The molecule has 0 bridgehead atoms. The molecule has 1 saturated heterocycles. The van der Waals surface area contributed by atoms with Crippen LogP contribution < -0.4 is 4.90 Å². The molecule has 1 fully saturated rings. The van der Waals surface area contributed by atoms with Crippen LogP contribution in [-0.4, -0.2) is 54.7 Å². The summed E-state index contributed by atoms with van der Waals surface area (Å²) in [6.45, 7) is 2.45. The molecule has 0 aliphatic carbocycles. The molecule has 2 aromatic carbocycles. The number of Topliss-reactive ketones (excluding diaryl/α,β-unsaturated/α-hetero) is 1. The number of hydrogen-bond donors (Lipinski definition) is 0. The predicted octanol–water partition coefficient (Wildman–Crippen LogP) is 4.97. The van der Waals surface area contributed by atoms with Crippen molar-refractivity contribution in [1.82, 2.24) is 4.90 Å². The summed E-state index contributed by atoms with van der Waals surface area (Å²) in [4.78, 5) is 28.3. The Morgan fingerprint density at radius 2 is 1.68 bits per heavy atom. The number of nitrogens with zero attached hydrogens (tertiary/aromatic N) is 2. The zero-order valence-electron chi connectivity index (χ0n) is 16.5. The van der Waals surface area contributed by atoms with Gasteiger partial charge in [0.1, 0.15) is 5.82 Å². The van der Waals surface area contributed by atoms with Crippen LogP contribution in [-0.2, 0) is 4.79 Å². The van der Waals surface area contributed by atoms with Gasteiger partial charge in [0.2, 0.25) is 5.78 Å². The van der Waals surface area contributed by atoms with Crippen molar-refractivity contribution in [3.05, 3.63) is 58.4 Å². The number of thioether (sulfide) groups is 1. The average molecular weight is 475 g/mol. The van der Waals surface area contributed by atoms with E-state index in [1.165, 1.54) is 41.3 Å². The van der Waals surface area contributed by atoms with Crippen molar-refractivity contribution < 1.29 is 27.2 Å². The first kappa shape index (κ1) is 23.4. The molecule has 1 heterocycles. The third-order valence-corrected chi connectivity index (χ3v) is 6.32. The number of hydrogen-bond acceptors (Lipinski definition) is 4. The van der Waals surface area contributed by atoms with E-state index in [9.17, 15) is 27.2 Å². The van der Waals surface area contributed by atoms with Crippen molar-refractivity contribution >= 4 is 40.7 Å². The molecule has 0 saturated carbocycles. The van der Waals surface area contributed by atoms with Crippen LogP contribution in [0.3, 0.4) is 0 Å². The van der Waals surface area contributed by atoms with Gasteiger partial charge >= 0.3 is 6.18 Å². The maximum absolute atomic E-state index is 14.5. The topological polar surface area (TPSA) is 40.6 Å². The van der Waals surface area contributed by atoms with E-state index in [1.807, 2.05) is 0 Å². The fourth-order valence-electron chi connectivity index (χ4n) is 3.22. The highest BCUT2D eigenvalue weighted by molar-refractivity contribution is 7.99. The maximum atomic E-state index is 14.5. The molecule has 31 heavy (non-hydrogen) atoms. The second kappa shape index (κ2) is 9.48. The lowest BCUT2D eigenvalue weighted by Gasteiger charge is -2.36. The lowest BCUT2D eigenvalue weighted by atomic mass is 10.1. The quantitative estimate of drug-likeness (QED) is 0.265. The van der Waals surface area contributed by atoms with Crippen molar-refractivity contribution in [2.24, 2.45) is 0 Å². The zero-order valence-corrected chi connectivity index (χ0v) is 18.1. The Labute approximate surface area is 186 Å². The molecule has 0 unspecified atom stereocenters. The van der Waals surface area contributed by atoms with Gasteiger partial charge in [0.15, 0.2) is 0 Å². The van der Waals surface area contributed by atoms with Crippen molar-refractivity contribution in [1.29, 1.82) is 0 Å². The van der Waals surface area contributed by atoms with Gasteiger partial charge in [-0.1, -0.05) is 11.6 Å². The van der Waals surface area contributed by atoms with E-state index < -0.39 is 29.4 Å². The summed E-state index contributed by atoms with van der Waals surface area (Å²) in [6, 6.07) is 8.62. The number of carbonyl (C=O) groups excluding carboxylic acids is 2. The van der Waals surface area contributed by atoms with E-state index in [2.05, 4.69) is 0 Å². The number of carbonyl (C=O) groups is 2. The Morgan fingerprint density at radius 1 is 1.06 bits per heavy atom. The number of halogens is 5. The van der Waals surface area contributed by atoms with Crippen LogP contribution in [0.4, 0.5) is 23.2 Å². The summed E-state index contributed by atoms with van der Waals surface area (Å²) in [6.07, 6.45) is -4.33. The number of alkyl halides is 3. The number of anilines is 1. The second-order valence-electron chi connectivity index (χ2n) is 7.09. The van der Waals surface area contributed by atoms with Crippen molar-refractivity contribution in [3.8, 4) is 0 Å². The summed E-state index contributed by atoms with van der Waals surface area (Å²) in [5, 5.41) is 0.450. The Kier molecular flexibility index (Phi) is 7.16. The SMILES string of the molecule is Cc1cc(F)c(N2CCN(C(=O)C(=O)c3ccc(Cl)cc3)CC2)cc1SCC(F)(F)F. The number of rotatable bonds is 5. The summed E-state index contributed by atoms with van der Waals surface area (Å²) in [5.74, 6) is -2.91. The molecular weight excluding hydrogens is 456 g/mol. The molecule has 2 aromatic rings. The zero-order chi connectivity index (χ0) is 22.8. The number of aryl methyl sites for hydroxylation is 1. The molecule has 0 radical (unpaired) electrons. The molecule has 10 heteroatoms. The van der Waals surface area contributed by atoms with E-state index in [0.29, 0.717) is 27.2 Å². The van der Waals surface area contributed by atoms with Gasteiger partial charge in [-0.15, -0.1) is 11.8 Å². The van der Waals surface area contributed by atoms with E-state index in [0.717, 1.165) is 0 Å². The van der Waals surface area contributed by atoms with Crippen LogP contribution in [0.25, 0.3) is 0 Å². The van der Waals surface area contributed by atoms with Crippen molar-refractivity contribution in [2.45, 2.75) is 18.0 Å². The largest absolute Gasteiger partial charge is 0.398 e. The number of amides is 1. The lowest BCUT2D eigenvalue weighted by Crippen LogP contribution is -2.50. The minimum absolute atomic E-state index is 0.186. The highest BCUT2D eigenvalue weighted by Crippen LogP contribution is 2.34. The predicted molar refractivity (Wildman–Crippen MR) is 112 cm³/mol. The fraction of sp³-hybridized carbons (Fsp3) is 0.333. The smallest absolute Gasteiger partial charge is 0.366 e. The average Bonchev–Trinajstić information content (AvgIpc) is 2.72. The van der Waals surface area contributed by atoms with Crippen LogP contribution >= 0.6 is 23.4 Å². The molecule has 1 amide bonds. The Balaban J connectivity index is 1.66. The third kappa shape index (κ3) is 5.92. The monoisotopic (exact) mass is 474 g/mol. The molecule has 166 valence electrons. The number of benzene rings is 2. The second-order valence-corrected chi connectivity index (χ2v) is 8.54. The van der Waals surface area contributed by atoms with Crippen molar-refractivity contribution in [3.63, 3.8) is 0 Å². The van der Waals surface area contributed by atoms with Crippen LogP contribution in [0.1, 0.15) is 15.9 Å². The Bertz CT molecular complexity index is 975. The molecule has 0 N–H and O–H groups in total. The maximum Gasteiger partial charge on any atom is 0.398 e. The van der Waals surface area contributed by atoms with Crippen molar-refractivity contribution in [2.75, 3.05) is 36.8 Å². The molecule has 0 aromatic heterocycles. The number of ketones is 1. The van der Waals surface area contributed by atoms with Crippen LogP contribution in [0.15, 0.2) is 41.3 Å². The van der Waals surface area contributed by atoms with E-state index in [4.69, 9.17) is 11.6 Å². The minimum Gasteiger partial charge on any atom is -0.366 e. The minimum atomic E-state index is -4.33. The Morgan fingerprint density at radius 3 is 2.26 bits per heavy atom. The van der Waals surface area contributed by atoms with E-state index in [1.54, 1.807) is 11.8 Å². The highest BCUT2D eigenvalue weighted by Gasteiger charge is 2.30. The molecule has 1 aliphatic heterocycles. The standard InChI is InChI=1S/C21H19ClF4N2O2S/c1-13-10-16(23)17(11-18(13)31-12-21(24,25)26)27-6-8-28(9-7-27)20(30)19(29)14-2-4-15(22)5-3-14/h2-5,10-11H,6-9,12H2,1H3. The van der Waals surface area contributed by atoms with E-state index in [-0.39, 0.29) is 37.4 Å². The van der Waals surface area contributed by atoms with E-state index >= 15 is 0 Å². The normalized spacial score (nSPS) is 14.6. The van der Waals surface area contributed by atoms with Gasteiger partial charge in [-0.2, -0.15) is 13.2 Å². The van der Waals surface area contributed by atoms with Gasteiger partial charge in [-0.3, -0.25) is 9.59 Å². The Hall–Kier alpha value is -2.26. The number of piperazine rings is 1. The van der Waals surface area contributed by atoms with Gasteiger partial charge in [0.25, 0.3) is 5.91 Å². The van der Waals surface area contributed by atoms with Gasteiger partial charge < -0.3 is 9.80 Å². The summed E-state index contributed by atoms with van der Waals surface area (Å²) < 4.78 is 52.2. The van der Waals surface area contributed by atoms with Crippen LogP contribution in [0.5, 0.6) is 0 Å². The van der Waals surface area contributed by atoms with Gasteiger partial charge in [0, 0.05) is 41.7 Å². The molecule has 0 spiro atoms. The van der Waals surface area contributed by atoms with Crippen LogP contribution in [0, 0.1) is 12.7 Å². The first-order chi connectivity index (χ1) is 14.5. The van der Waals surface area contributed by atoms with Crippen LogP contribution in [0.2, 0.25) is 5.02 Å². The molecular formula is C21H19ClF4N2O2S. The van der Waals surface area contributed by atoms with Gasteiger partial charge in [-0.25, -0.2) is 4.39 Å². The molecule has 3 rings (SSSR count).